The number of furan rings is 1. The monoisotopic (exact) mass is 408 g/mol. The van der Waals surface area contributed by atoms with Gasteiger partial charge >= 0.3 is 0 Å². The molecule has 2 atom stereocenters. The Balaban J connectivity index is 1.68. The van der Waals surface area contributed by atoms with Gasteiger partial charge < -0.3 is 14.6 Å². The van der Waals surface area contributed by atoms with Gasteiger partial charge in [-0.3, -0.25) is 15.1 Å². The molecule has 4 rings (SSSR count). The van der Waals surface area contributed by atoms with E-state index in [4.69, 9.17) is 16.6 Å². The fourth-order valence-electron chi connectivity index (χ4n) is 3.61. The van der Waals surface area contributed by atoms with Crippen molar-refractivity contribution in [3.63, 3.8) is 0 Å². The van der Waals surface area contributed by atoms with Gasteiger partial charge in [-0.05, 0) is 55.0 Å². The van der Waals surface area contributed by atoms with Crippen LogP contribution in [-0.2, 0) is 0 Å². The smallest absolute Gasteiger partial charge is 0.269 e. The molecule has 8 heteroatoms. The molecule has 1 aliphatic heterocycles. The Labute approximate surface area is 173 Å². The molecule has 1 aliphatic rings. The van der Waals surface area contributed by atoms with Crippen molar-refractivity contribution in [1.82, 2.24) is 15.2 Å². The zero-order chi connectivity index (χ0) is 20.4. The van der Waals surface area contributed by atoms with Crippen molar-refractivity contribution in [2.75, 3.05) is 6.54 Å². The van der Waals surface area contributed by atoms with Crippen molar-refractivity contribution in [2.45, 2.75) is 25.4 Å². The van der Waals surface area contributed by atoms with E-state index in [1.54, 1.807) is 18.3 Å². The highest BCUT2D eigenvalue weighted by Gasteiger charge is 2.41. The topological polar surface area (TPSA) is 84.4 Å². The van der Waals surface area contributed by atoms with Gasteiger partial charge in [0.2, 0.25) is 0 Å². The van der Waals surface area contributed by atoms with Crippen LogP contribution >= 0.6 is 12.2 Å². The highest BCUT2D eigenvalue weighted by molar-refractivity contribution is 7.80. The predicted molar refractivity (Wildman–Crippen MR) is 113 cm³/mol. The van der Waals surface area contributed by atoms with Gasteiger partial charge in [-0.25, -0.2) is 0 Å². The lowest BCUT2D eigenvalue weighted by Gasteiger charge is -2.25. The number of nitro groups is 1. The Kier molecular flexibility index (Phi) is 5.26. The highest BCUT2D eigenvalue weighted by Crippen LogP contribution is 2.40. The van der Waals surface area contributed by atoms with E-state index in [1.165, 1.54) is 12.1 Å². The molecule has 0 radical (unpaired) electrons. The first-order valence-corrected chi connectivity index (χ1v) is 9.82. The van der Waals surface area contributed by atoms with Crippen LogP contribution in [0.4, 0.5) is 5.69 Å². The summed E-state index contributed by atoms with van der Waals surface area (Å²) >= 11 is 5.58. The van der Waals surface area contributed by atoms with Crippen LogP contribution in [0.15, 0.2) is 65.2 Å². The van der Waals surface area contributed by atoms with Crippen LogP contribution in [0.2, 0.25) is 0 Å². The number of benzene rings is 1. The molecular weight excluding hydrogens is 388 g/mol. The molecule has 0 spiro atoms. The maximum Gasteiger partial charge on any atom is 0.269 e. The minimum absolute atomic E-state index is 0.0511. The van der Waals surface area contributed by atoms with Crippen molar-refractivity contribution in [3.8, 4) is 11.3 Å². The Hall–Kier alpha value is -3.26. The van der Waals surface area contributed by atoms with E-state index in [-0.39, 0.29) is 17.8 Å². The maximum absolute atomic E-state index is 10.9. The number of hydrogen-bond donors (Lipinski definition) is 1. The number of hydrogen-bond acceptors (Lipinski definition) is 5. The summed E-state index contributed by atoms with van der Waals surface area (Å²) in [6, 6.07) is 15.7. The average molecular weight is 408 g/mol. The molecule has 0 aliphatic carbocycles. The molecule has 2 aromatic heterocycles. The molecule has 1 saturated heterocycles. The number of nitro benzene ring substituents is 1. The maximum atomic E-state index is 10.9. The van der Waals surface area contributed by atoms with Crippen LogP contribution in [-0.4, -0.2) is 26.5 Å². The molecule has 7 nitrogen and oxygen atoms in total. The minimum atomic E-state index is -0.414. The van der Waals surface area contributed by atoms with E-state index in [0.29, 0.717) is 10.9 Å². The number of non-ortho nitro benzene ring substituents is 1. The van der Waals surface area contributed by atoms with Crippen LogP contribution in [0.1, 0.15) is 36.9 Å². The van der Waals surface area contributed by atoms with Crippen molar-refractivity contribution in [2.24, 2.45) is 0 Å². The van der Waals surface area contributed by atoms with E-state index < -0.39 is 4.92 Å². The highest BCUT2D eigenvalue weighted by atomic mass is 32.1. The molecule has 1 aromatic carbocycles. The van der Waals surface area contributed by atoms with E-state index in [0.717, 1.165) is 30.0 Å². The third-order valence-electron chi connectivity index (χ3n) is 4.94. The second-order valence-corrected chi connectivity index (χ2v) is 7.21. The summed E-state index contributed by atoms with van der Waals surface area (Å²) in [5.74, 6) is 1.43. The lowest BCUT2D eigenvalue weighted by atomic mass is 10.0. The molecule has 1 fully saturated rings. The number of nitrogens with one attached hydrogen (secondary N) is 1. The van der Waals surface area contributed by atoms with Crippen LogP contribution in [0.3, 0.4) is 0 Å². The summed E-state index contributed by atoms with van der Waals surface area (Å²) in [7, 11) is 0. The first-order valence-electron chi connectivity index (χ1n) is 9.41. The first kappa shape index (κ1) is 19.1. The Morgan fingerprint density at radius 3 is 2.66 bits per heavy atom. The van der Waals surface area contributed by atoms with Crippen LogP contribution in [0.25, 0.3) is 11.3 Å². The second kappa shape index (κ2) is 8.00. The lowest BCUT2D eigenvalue weighted by molar-refractivity contribution is -0.384. The van der Waals surface area contributed by atoms with Gasteiger partial charge in [-0.1, -0.05) is 13.0 Å². The largest absolute Gasteiger partial charge is 0.459 e. The minimum Gasteiger partial charge on any atom is -0.459 e. The molecular formula is C21H20N4O3S. The Bertz CT molecular complexity index is 1020. The summed E-state index contributed by atoms with van der Waals surface area (Å²) in [4.78, 5) is 17.1. The molecule has 3 heterocycles. The summed E-state index contributed by atoms with van der Waals surface area (Å²) in [5.41, 5.74) is 1.73. The molecule has 1 N–H and O–H groups in total. The van der Waals surface area contributed by atoms with E-state index >= 15 is 0 Å². The fraction of sp³-hybridized carbons (Fsp3) is 0.238. The number of rotatable bonds is 6. The van der Waals surface area contributed by atoms with Gasteiger partial charge in [0.25, 0.3) is 5.69 Å². The van der Waals surface area contributed by atoms with E-state index in [9.17, 15) is 10.1 Å². The van der Waals surface area contributed by atoms with Crippen LogP contribution in [0.5, 0.6) is 0 Å². The number of aromatic nitrogens is 1. The van der Waals surface area contributed by atoms with Gasteiger partial charge in [0.05, 0.1) is 16.7 Å². The van der Waals surface area contributed by atoms with E-state index in [2.05, 4.69) is 22.1 Å². The fourth-order valence-corrected chi connectivity index (χ4v) is 3.94. The van der Waals surface area contributed by atoms with Crippen molar-refractivity contribution < 1.29 is 9.34 Å². The first-order chi connectivity index (χ1) is 14.1. The summed E-state index contributed by atoms with van der Waals surface area (Å²) in [6.45, 7) is 2.91. The van der Waals surface area contributed by atoms with E-state index in [1.807, 2.05) is 30.3 Å². The lowest BCUT2D eigenvalue weighted by Crippen LogP contribution is -2.30. The van der Waals surface area contributed by atoms with Crippen LogP contribution < -0.4 is 5.32 Å². The molecule has 0 bridgehead atoms. The molecule has 29 heavy (non-hydrogen) atoms. The molecule has 0 unspecified atom stereocenters. The Morgan fingerprint density at radius 2 is 2.00 bits per heavy atom. The quantitative estimate of drug-likeness (QED) is 0.361. The zero-order valence-corrected chi connectivity index (χ0v) is 16.6. The van der Waals surface area contributed by atoms with Crippen LogP contribution in [0, 0.1) is 10.1 Å². The van der Waals surface area contributed by atoms with Gasteiger partial charge in [0.1, 0.15) is 17.6 Å². The second-order valence-electron chi connectivity index (χ2n) is 6.83. The third-order valence-corrected chi connectivity index (χ3v) is 5.30. The number of nitrogens with zero attached hydrogens (tertiary/aromatic N) is 3. The van der Waals surface area contributed by atoms with Gasteiger partial charge in [0, 0.05) is 30.4 Å². The van der Waals surface area contributed by atoms with Crippen molar-refractivity contribution in [1.29, 1.82) is 0 Å². The zero-order valence-electron chi connectivity index (χ0n) is 15.8. The molecule has 0 amide bonds. The Morgan fingerprint density at radius 1 is 1.21 bits per heavy atom. The third kappa shape index (κ3) is 3.71. The normalized spacial score (nSPS) is 18.7. The SMILES string of the molecule is CCCN1C(=S)N[C@H](c2ccccn2)[C@@H]1c1ccc(-c2ccc([N+](=O)[O-])cc2)o1. The van der Waals surface area contributed by atoms with Crippen molar-refractivity contribution >= 4 is 23.0 Å². The molecule has 3 aromatic rings. The van der Waals surface area contributed by atoms with Gasteiger partial charge in [-0.15, -0.1) is 0 Å². The van der Waals surface area contributed by atoms with Gasteiger partial charge in [-0.2, -0.15) is 0 Å². The standard InChI is InChI=1S/C21H20N4O3S/c1-2-13-24-20(19(23-21(24)29)16-5-3-4-12-22-16)18-11-10-17(28-18)14-6-8-15(9-7-14)25(26)27/h3-12,19-20H,2,13H2,1H3,(H,23,29)/t19-,20+/m1/s1. The predicted octanol–water partition coefficient (Wildman–Crippen LogP) is 4.63. The number of thiocarbonyl (C=S) groups is 1. The molecule has 0 saturated carbocycles. The average Bonchev–Trinajstić information content (AvgIpc) is 3.34. The summed E-state index contributed by atoms with van der Waals surface area (Å²) < 4.78 is 6.19. The van der Waals surface area contributed by atoms with Gasteiger partial charge in [0.15, 0.2) is 5.11 Å². The van der Waals surface area contributed by atoms with Crippen molar-refractivity contribution in [3.05, 3.63) is 82.4 Å². The number of pyridine rings is 1. The summed E-state index contributed by atoms with van der Waals surface area (Å²) in [5, 5.41) is 14.9. The summed E-state index contributed by atoms with van der Waals surface area (Å²) in [6.07, 6.45) is 2.72. The molecule has 148 valence electrons.